The van der Waals surface area contributed by atoms with E-state index in [1.807, 2.05) is 0 Å². The number of hydrogen-bond donors (Lipinski definition) is 2. The Morgan fingerprint density at radius 3 is 2.92 bits per heavy atom. The number of halogens is 1. The molecule has 0 saturated carbocycles. The molecule has 2 N–H and O–H groups in total. The van der Waals surface area contributed by atoms with E-state index < -0.39 is 0 Å². The highest BCUT2D eigenvalue weighted by atomic mass is 35.5. The fraction of sp³-hybridized carbons (Fsp3) is 0.857. The first kappa shape index (κ1) is 11.5. The number of ether oxygens (including phenoxy) is 1. The SMILES string of the molecule is COC(=O)N[C@@H]1CCCNC1.Cl. The number of carbonyl (C=O) groups excluding carboxylic acids is 1. The van der Waals surface area contributed by atoms with Gasteiger partial charge in [0.25, 0.3) is 0 Å². The zero-order valence-electron chi connectivity index (χ0n) is 7.13. The molecule has 0 aromatic heterocycles. The first-order valence-electron chi connectivity index (χ1n) is 3.88. The van der Waals surface area contributed by atoms with Gasteiger partial charge in [0.2, 0.25) is 0 Å². The quantitative estimate of drug-likeness (QED) is 0.640. The van der Waals surface area contributed by atoms with E-state index in [2.05, 4.69) is 15.4 Å². The van der Waals surface area contributed by atoms with Gasteiger partial charge < -0.3 is 15.4 Å². The van der Waals surface area contributed by atoms with Gasteiger partial charge in [-0.3, -0.25) is 0 Å². The van der Waals surface area contributed by atoms with Gasteiger partial charge in [-0.1, -0.05) is 0 Å². The third-order valence-electron chi connectivity index (χ3n) is 1.80. The van der Waals surface area contributed by atoms with Crippen molar-refractivity contribution in [2.75, 3.05) is 20.2 Å². The molecule has 1 fully saturated rings. The molecule has 12 heavy (non-hydrogen) atoms. The van der Waals surface area contributed by atoms with E-state index in [0.29, 0.717) is 0 Å². The number of amides is 1. The Labute approximate surface area is 78.5 Å². The first-order chi connectivity index (χ1) is 5.33. The van der Waals surface area contributed by atoms with E-state index in [-0.39, 0.29) is 24.5 Å². The molecule has 0 radical (unpaired) electrons. The molecule has 1 atom stereocenters. The van der Waals surface area contributed by atoms with Gasteiger partial charge >= 0.3 is 6.09 Å². The van der Waals surface area contributed by atoms with Crippen molar-refractivity contribution >= 4 is 18.5 Å². The number of piperidine rings is 1. The smallest absolute Gasteiger partial charge is 0.407 e. The second-order valence-electron chi connectivity index (χ2n) is 2.68. The Bertz CT molecular complexity index is 137. The highest BCUT2D eigenvalue weighted by Crippen LogP contribution is 2.00. The topological polar surface area (TPSA) is 50.4 Å². The van der Waals surface area contributed by atoms with Gasteiger partial charge in [0.15, 0.2) is 0 Å². The lowest BCUT2D eigenvalue weighted by molar-refractivity contribution is 0.164. The summed E-state index contributed by atoms with van der Waals surface area (Å²) in [5, 5.41) is 5.94. The second kappa shape index (κ2) is 6.08. The van der Waals surface area contributed by atoms with Crippen LogP contribution in [0.3, 0.4) is 0 Å². The maximum Gasteiger partial charge on any atom is 0.407 e. The summed E-state index contributed by atoms with van der Waals surface area (Å²) < 4.78 is 4.48. The van der Waals surface area contributed by atoms with Crippen molar-refractivity contribution in [1.82, 2.24) is 10.6 Å². The van der Waals surface area contributed by atoms with Crippen molar-refractivity contribution in [2.45, 2.75) is 18.9 Å². The average molecular weight is 195 g/mol. The Balaban J connectivity index is 0.00000121. The largest absolute Gasteiger partial charge is 0.453 e. The number of methoxy groups -OCH3 is 1. The third kappa shape index (κ3) is 3.78. The third-order valence-corrected chi connectivity index (χ3v) is 1.80. The minimum Gasteiger partial charge on any atom is -0.453 e. The Kier molecular flexibility index (Phi) is 5.84. The van der Waals surface area contributed by atoms with Gasteiger partial charge in [0.05, 0.1) is 7.11 Å². The molecule has 0 spiro atoms. The van der Waals surface area contributed by atoms with Crippen molar-refractivity contribution in [3.63, 3.8) is 0 Å². The summed E-state index contributed by atoms with van der Waals surface area (Å²) in [5.74, 6) is 0. The van der Waals surface area contributed by atoms with Crippen LogP contribution in [0.1, 0.15) is 12.8 Å². The summed E-state index contributed by atoms with van der Waals surface area (Å²) in [5.41, 5.74) is 0. The zero-order chi connectivity index (χ0) is 8.10. The van der Waals surface area contributed by atoms with Crippen LogP contribution in [-0.2, 0) is 4.74 Å². The molecule has 0 unspecified atom stereocenters. The minimum atomic E-state index is -0.335. The highest BCUT2D eigenvalue weighted by molar-refractivity contribution is 5.85. The zero-order valence-corrected chi connectivity index (χ0v) is 7.95. The van der Waals surface area contributed by atoms with Gasteiger partial charge in [-0.2, -0.15) is 0 Å². The van der Waals surface area contributed by atoms with Gasteiger partial charge in [-0.05, 0) is 19.4 Å². The molecule has 5 heteroatoms. The molecule has 1 aliphatic rings. The summed E-state index contributed by atoms with van der Waals surface area (Å²) >= 11 is 0. The summed E-state index contributed by atoms with van der Waals surface area (Å²) in [6.45, 7) is 1.91. The molecule has 1 amide bonds. The molecule has 72 valence electrons. The van der Waals surface area contributed by atoms with E-state index >= 15 is 0 Å². The van der Waals surface area contributed by atoms with E-state index in [9.17, 15) is 4.79 Å². The van der Waals surface area contributed by atoms with Crippen LogP contribution in [0.15, 0.2) is 0 Å². The molecule has 4 nitrogen and oxygen atoms in total. The lowest BCUT2D eigenvalue weighted by Gasteiger charge is -2.22. The molecule has 0 bridgehead atoms. The minimum absolute atomic E-state index is 0. The standard InChI is InChI=1S/C7H14N2O2.ClH/c1-11-7(10)9-6-3-2-4-8-5-6;/h6,8H,2-5H2,1H3,(H,9,10);1H/t6-;/m1./s1. The molecular formula is C7H15ClN2O2. The Morgan fingerprint density at radius 1 is 1.67 bits per heavy atom. The van der Waals surface area contributed by atoms with Gasteiger partial charge in [-0.15, -0.1) is 12.4 Å². The van der Waals surface area contributed by atoms with E-state index in [1.165, 1.54) is 7.11 Å². The molecular weight excluding hydrogens is 180 g/mol. The summed E-state index contributed by atoms with van der Waals surface area (Å²) in [6, 6.07) is 0.246. The maximum absolute atomic E-state index is 10.7. The molecule has 0 aliphatic carbocycles. The van der Waals surface area contributed by atoms with Crippen molar-refractivity contribution in [2.24, 2.45) is 0 Å². The van der Waals surface area contributed by atoms with Crippen molar-refractivity contribution in [3.05, 3.63) is 0 Å². The summed E-state index contributed by atoms with van der Waals surface area (Å²) in [4.78, 5) is 10.7. The molecule has 1 heterocycles. The van der Waals surface area contributed by atoms with Crippen molar-refractivity contribution < 1.29 is 9.53 Å². The van der Waals surface area contributed by atoms with Crippen LogP contribution in [0.2, 0.25) is 0 Å². The highest BCUT2D eigenvalue weighted by Gasteiger charge is 2.14. The van der Waals surface area contributed by atoms with Crippen LogP contribution < -0.4 is 10.6 Å². The van der Waals surface area contributed by atoms with Crippen LogP contribution in [0, 0.1) is 0 Å². The number of rotatable bonds is 1. The predicted molar refractivity (Wildman–Crippen MR) is 48.7 cm³/mol. The molecule has 1 aliphatic heterocycles. The number of hydrogen-bond acceptors (Lipinski definition) is 3. The number of nitrogens with one attached hydrogen (secondary N) is 2. The van der Waals surface area contributed by atoms with E-state index in [1.54, 1.807) is 0 Å². The lowest BCUT2D eigenvalue weighted by Crippen LogP contribution is -2.45. The Morgan fingerprint density at radius 2 is 2.42 bits per heavy atom. The van der Waals surface area contributed by atoms with Gasteiger partial charge in [0, 0.05) is 12.6 Å². The van der Waals surface area contributed by atoms with Crippen LogP contribution in [0.5, 0.6) is 0 Å². The lowest BCUT2D eigenvalue weighted by atomic mass is 10.1. The van der Waals surface area contributed by atoms with Gasteiger partial charge in [-0.25, -0.2) is 4.79 Å². The second-order valence-corrected chi connectivity index (χ2v) is 2.68. The fourth-order valence-electron chi connectivity index (χ4n) is 1.20. The van der Waals surface area contributed by atoms with Crippen molar-refractivity contribution in [3.8, 4) is 0 Å². The van der Waals surface area contributed by atoms with E-state index in [4.69, 9.17) is 0 Å². The van der Waals surface area contributed by atoms with Gasteiger partial charge in [0.1, 0.15) is 0 Å². The summed E-state index contributed by atoms with van der Waals surface area (Å²) in [7, 11) is 1.38. The molecule has 1 saturated heterocycles. The van der Waals surface area contributed by atoms with Crippen LogP contribution >= 0.6 is 12.4 Å². The average Bonchev–Trinajstić information content (AvgIpc) is 2.06. The number of alkyl carbamates (subject to hydrolysis) is 1. The molecule has 1 rings (SSSR count). The number of carbonyl (C=O) groups is 1. The van der Waals surface area contributed by atoms with Crippen LogP contribution in [-0.4, -0.2) is 32.3 Å². The maximum atomic E-state index is 10.7. The van der Waals surface area contributed by atoms with Crippen LogP contribution in [0.25, 0.3) is 0 Å². The summed E-state index contributed by atoms with van der Waals surface area (Å²) in [6.07, 6.45) is 1.83. The fourth-order valence-corrected chi connectivity index (χ4v) is 1.20. The molecule has 0 aromatic carbocycles. The van der Waals surface area contributed by atoms with E-state index in [0.717, 1.165) is 25.9 Å². The normalized spacial score (nSPS) is 22.2. The Hall–Kier alpha value is -0.480. The van der Waals surface area contributed by atoms with Crippen LogP contribution in [0.4, 0.5) is 4.79 Å². The first-order valence-corrected chi connectivity index (χ1v) is 3.88. The van der Waals surface area contributed by atoms with Crippen molar-refractivity contribution in [1.29, 1.82) is 0 Å². The monoisotopic (exact) mass is 194 g/mol. The predicted octanol–water partition coefficient (Wildman–Crippen LogP) is 0.516. The molecule has 0 aromatic rings.